The van der Waals surface area contributed by atoms with E-state index in [9.17, 15) is 13.2 Å². The Hall–Kier alpha value is -3.40. The molecule has 1 saturated heterocycles. The Morgan fingerprint density at radius 1 is 1.05 bits per heavy atom. The van der Waals surface area contributed by atoms with E-state index >= 15 is 0 Å². The third kappa shape index (κ3) is 4.79. The molecule has 2 N–H and O–H groups in total. The summed E-state index contributed by atoms with van der Waals surface area (Å²) in [4.78, 5) is 19.1. The molecule has 1 amide bonds. The first-order valence-electron chi connectivity index (χ1n) is 13.6. The molecule has 0 bridgehead atoms. The lowest BCUT2D eigenvalue weighted by Gasteiger charge is -2.26. The molecule has 3 aliphatic rings. The van der Waals surface area contributed by atoms with Crippen LogP contribution in [0.4, 0.5) is 11.4 Å². The highest BCUT2D eigenvalue weighted by atomic mass is 32.2. The van der Waals surface area contributed by atoms with E-state index in [0.717, 1.165) is 73.9 Å². The van der Waals surface area contributed by atoms with Crippen molar-refractivity contribution < 1.29 is 17.9 Å². The molecular weight excluding hydrogens is 512 g/mol. The molecule has 3 aliphatic heterocycles. The van der Waals surface area contributed by atoms with Crippen LogP contribution in [-0.2, 0) is 32.4 Å². The van der Waals surface area contributed by atoms with Crippen LogP contribution in [0.3, 0.4) is 0 Å². The number of para-hydroxylation sites is 1. The van der Waals surface area contributed by atoms with E-state index < -0.39 is 10.0 Å². The fourth-order valence-electron chi connectivity index (χ4n) is 5.94. The molecule has 3 aromatic rings. The van der Waals surface area contributed by atoms with E-state index in [1.54, 1.807) is 18.2 Å². The third-order valence-electron chi connectivity index (χ3n) is 8.13. The van der Waals surface area contributed by atoms with Crippen LogP contribution in [0.2, 0.25) is 0 Å². The number of nitrogens with one attached hydrogen (secondary N) is 2. The van der Waals surface area contributed by atoms with Crippen LogP contribution in [0.5, 0.6) is 0 Å². The number of aromatic amines is 1. The Bertz CT molecular complexity index is 1570. The van der Waals surface area contributed by atoms with Gasteiger partial charge in [-0.25, -0.2) is 8.42 Å². The SMILES string of the molecule is Cc1[nH]c(/C=C2\C(=O)Nc3ccc(S(=O)(=O)N4CCc5ccccc54)cc32)c(C)c1CCCN1CCOCC1. The number of morpholine rings is 1. The van der Waals surface area contributed by atoms with Crippen molar-refractivity contribution in [3.8, 4) is 0 Å². The number of aromatic nitrogens is 1. The van der Waals surface area contributed by atoms with Gasteiger partial charge in [-0.15, -0.1) is 0 Å². The van der Waals surface area contributed by atoms with Gasteiger partial charge in [-0.2, -0.15) is 0 Å². The normalized spacial score (nSPS) is 18.5. The average molecular weight is 547 g/mol. The van der Waals surface area contributed by atoms with Gasteiger partial charge in [0.15, 0.2) is 0 Å². The smallest absolute Gasteiger partial charge is 0.264 e. The highest BCUT2D eigenvalue weighted by molar-refractivity contribution is 7.92. The van der Waals surface area contributed by atoms with Crippen LogP contribution >= 0.6 is 0 Å². The van der Waals surface area contributed by atoms with Crippen molar-refractivity contribution in [3.63, 3.8) is 0 Å². The number of rotatable bonds is 7. The second-order valence-corrected chi connectivity index (χ2v) is 12.4. The van der Waals surface area contributed by atoms with Crippen LogP contribution in [-0.4, -0.2) is 63.6 Å². The number of hydrogen-bond donors (Lipinski definition) is 2. The van der Waals surface area contributed by atoms with Gasteiger partial charge in [0.1, 0.15) is 0 Å². The average Bonchev–Trinajstić information content (AvgIpc) is 3.59. The summed E-state index contributed by atoms with van der Waals surface area (Å²) in [6.07, 6.45) is 4.55. The quantitative estimate of drug-likeness (QED) is 0.435. The lowest BCUT2D eigenvalue weighted by atomic mass is 10.0. The van der Waals surface area contributed by atoms with E-state index in [2.05, 4.69) is 29.0 Å². The van der Waals surface area contributed by atoms with Gasteiger partial charge in [0.05, 0.1) is 29.4 Å². The van der Waals surface area contributed by atoms with Crippen molar-refractivity contribution in [2.75, 3.05) is 49.0 Å². The van der Waals surface area contributed by atoms with E-state index in [1.165, 1.54) is 9.87 Å². The maximum atomic E-state index is 13.6. The molecule has 0 saturated carbocycles. The minimum atomic E-state index is -3.77. The van der Waals surface area contributed by atoms with Crippen molar-refractivity contribution in [2.45, 2.75) is 38.0 Å². The first-order valence-corrected chi connectivity index (χ1v) is 15.0. The molecule has 1 aromatic heterocycles. The first kappa shape index (κ1) is 25.9. The van der Waals surface area contributed by atoms with Crippen LogP contribution in [0.15, 0.2) is 47.4 Å². The zero-order chi connectivity index (χ0) is 27.1. The van der Waals surface area contributed by atoms with Crippen molar-refractivity contribution in [1.82, 2.24) is 9.88 Å². The summed E-state index contributed by atoms with van der Waals surface area (Å²) in [5.74, 6) is -0.230. The molecule has 0 unspecified atom stereocenters. The number of benzene rings is 2. The van der Waals surface area contributed by atoms with Gasteiger partial charge < -0.3 is 15.0 Å². The molecule has 6 rings (SSSR count). The molecule has 39 heavy (non-hydrogen) atoms. The standard InChI is InChI=1S/C30H34N4O4S/c1-20-24(7-5-12-33-14-16-38-17-15-33)21(2)31-28(20)19-26-25-18-23(9-10-27(25)32-30(26)35)39(36,37)34-13-11-22-6-3-4-8-29(22)34/h3-4,6,8-10,18-19,31H,5,7,11-17H2,1-2H3,(H,32,35)/b26-19-. The van der Waals surface area contributed by atoms with Crippen molar-refractivity contribution in [3.05, 3.63) is 76.1 Å². The number of aryl methyl sites for hydroxylation is 1. The topological polar surface area (TPSA) is 94.7 Å². The molecule has 8 nitrogen and oxygen atoms in total. The number of hydrogen-bond acceptors (Lipinski definition) is 5. The predicted molar refractivity (Wildman–Crippen MR) is 153 cm³/mol. The first-order chi connectivity index (χ1) is 18.8. The summed E-state index contributed by atoms with van der Waals surface area (Å²) >= 11 is 0. The number of carbonyl (C=O) groups is 1. The zero-order valence-electron chi connectivity index (χ0n) is 22.4. The van der Waals surface area contributed by atoms with Gasteiger partial charge in [-0.3, -0.25) is 14.0 Å². The molecule has 0 aliphatic carbocycles. The largest absolute Gasteiger partial charge is 0.379 e. The van der Waals surface area contributed by atoms with Crippen molar-refractivity contribution in [1.29, 1.82) is 0 Å². The number of anilines is 2. The maximum Gasteiger partial charge on any atom is 0.264 e. The number of ether oxygens (including phenoxy) is 1. The van der Waals surface area contributed by atoms with Crippen molar-refractivity contribution >= 4 is 39.0 Å². The summed E-state index contributed by atoms with van der Waals surface area (Å²) in [5, 5.41) is 2.90. The Labute approximate surface area is 229 Å². The lowest BCUT2D eigenvalue weighted by Crippen LogP contribution is -2.36. The molecular formula is C30H34N4O4S. The molecule has 204 valence electrons. The summed E-state index contributed by atoms with van der Waals surface area (Å²) in [6, 6.07) is 12.5. The summed E-state index contributed by atoms with van der Waals surface area (Å²) in [5.41, 5.74) is 7.83. The van der Waals surface area contributed by atoms with E-state index in [0.29, 0.717) is 29.8 Å². The van der Waals surface area contributed by atoms with Gasteiger partial charge in [-0.1, -0.05) is 18.2 Å². The monoisotopic (exact) mass is 546 g/mol. The minimum absolute atomic E-state index is 0.184. The molecule has 4 heterocycles. The molecule has 1 fully saturated rings. The van der Waals surface area contributed by atoms with Crippen LogP contribution in [0.1, 0.15) is 40.1 Å². The fraction of sp³-hybridized carbons (Fsp3) is 0.367. The highest BCUT2D eigenvalue weighted by Crippen LogP contribution is 2.38. The lowest BCUT2D eigenvalue weighted by molar-refractivity contribution is -0.110. The third-order valence-corrected chi connectivity index (χ3v) is 9.94. The molecule has 9 heteroatoms. The van der Waals surface area contributed by atoms with Crippen LogP contribution < -0.4 is 9.62 Å². The van der Waals surface area contributed by atoms with Crippen LogP contribution in [0, 0.1) is 13.8 Å². The number of carbonyl (C=O) groups excluding carboxylic acids is 1. The Kier molecular flexibility index (Phi) is 6.82. The van der Waals surface area contributed by atoms with Gasteiger partial charge in [0.25, 0.3) is 15.9 Å². The van der Waals surface area contributed by atoms with Gasteiger partial charge in [0, 0.05) is 42.3 Å². The second-order valence-electron chi connectivity index (χ2n) is 10.5. The number of sulfonamides is 1. The van der Waals surface area contributed by atoms with Gasteiger partial charge >= 0.3 is 0 Å². The summed E-state index contributed by atoms with van der Waals surface area (Å²) < 4.78 is 34.2. The Morgan fingerprint density at radius 2 is 1.85 bits per heavy atom. The molecule has 0 atom stereocenters. The highest BCUT2D eigenvalue weighted by Gasteiger charge is 2.33. The summed E-state index contributed by atoms with van der Waals surface area (Å²) in [6.45, 7) is 9.18. The van der Waals surface area contributed by atoms with Gasteiger partial charge in [0.2, 0.25) is 0 Å². The molecule has 0 spiro atoms. The van der Waals surface area contributed by atoms with Crippen molar-refractivity contribution in [2.24, 2.45) is 0 Å². The number of H-pyrrole nitrogens is 1. The van der Waals surface area contributed by atoms with Gasteiger partial charge in [-0.05, 0) is 86.7 Å². The Balaban J connectivity index is 1.26. The zero-order valence-corrected chi connectivity index (χ0v) is 23.2. The van der Waals surface area contributed by atoms with E-state index in [4.69, 9.17) is 4.74 Å². The number of fused-ring (bicyclic) bond motifs is 2. The maximum absolute atomic E-state index is 13.6. The molecule has 0 radical (unpaired) electrons. The minimum Gasteiger partial charge on any atom is -0.379 e. The second kappa shape index (κ2) is 10.3. The number of amides is 1. The van der Waals surface area contributed by atoms with E-state index in [1.807, 2.05) is 30.3 Å². The van der Waals surface area contributed by atoms with Crippen LogP contribution in [0.25, 0.3) is 11.6 Å². The van der Waals surface area contributed by atoms with E-state index in [-0.39, 0.29) is 10.8 Å². The number of nitrogens with zero attached hydrogens (tertiary/aromatic N) is 2. The predicted octanol–water partition coefficient (Wildman–Crippen LogP) is 4.14. The summed E-state index contributed by atoms with van der Waals surface area (Å²) in [7, 11) is -3.77. The molecule has 2 aromatic carbocycles. The fourth-order valence-corrected chi connectivity index (χ4v) is 7.47. The Morgan fingerprint density at radius 3 is 2.67 bits per heavy atom.